The maximum absolute atomic E-state index is 12.3. The fourth-order valence-electron chi connectivity index (χ4n) is 0.535. The van der Waals surface area contributed by atoms with Gasteiger partial charge in [0.05, 0.1) is 6.04 Å². The summed E-state index contributed by atoms with van der Waals surface area (Å²) in [6.07, 6.45) is 0. The molecule has 0 spiro atoms. The van der Waals surface area contributed by atoms with Gasteiger partial charge < -0.3 is 10.3 Å². The molecule has 4 nitrogen and oxygen atoms in total. The molecule has 0 aliphatic rings. The predicted octanol–water partition coefficient (Wildman–Crippen LogP) is 1.38. The Bertz CT molecular complexity index is 270. The first-order valence-corrected chi connectivity index (χ1v) is 3.45. The van der Waals surface area contributed by atoms with Crippen LogP contribution in [0.25, 0.3) is 0 Å². The van der Waals surface area contributed by atoms with E-state index in [4.69, 9.17) is 5.73 Å². The van der Waals surface area contributed by atoms with Gasteiger partial charge in [-0.1, -0.05) is 5.16 Å². The number of aromatic nitrogens is 2. The van der Waals surface area contributed by atoms with Gasteiger partial charge in [-0.05, 0) is 18.5 Å². The molecular formula is C5H6ClF2N3O. The number of rotatable bonds is 2. The largest absolute Gasteiger partial charge is 0.400 e. The van der Waals surface area contributed by atoms with Crippen LogP contribution in [0.4, 0.5) is 8.78 Å². The van der Waals surface area contributed by atoms with Crippen LogP contribution in [0.3, 0.4) is 0 Å². The molecule has 1 aromatic heterocycles. The molecule has 1 unspecified atom stereocenters. The molecule has 68 valence electrons. The quantitative estimate of drug-likeness (QED) is 0.728. The van der Waals surface area contributed by atoms with Crippen LogP contribution < -0.4 is 5.73 Å². The number of hydrogen-bond donors (Lipinski definition) is 1. The molecule has 0 fully saturated rings. The number of nitrogens with two attached hydrogens (primary N) is 1. The number of nitrogens with zero attached hydrogens (tertiary/aromatic N) is 2. The Morgan fingerprint density at radius 2 is 2.25 bits per heavy atom. The Labute approximate surface area is 71.7 Å². The van der Waals surface area contributed by atoms with Crippen molar-refractivity contribution in [2.45, 2.75) is 18.3 Å². The lowest BCUT2D eigenvalue weighted by atomic mass is 10.3. The Balaban J connectivity index is 2.92. The third-order valence-corrected chi connectivity index (χ3v) is 1.25. The second kappa shape index (κ2) is 2.95. The Morgan fingerprint density at radius 3 is 2.50 bits per heavy atom. The molecule has 1 heterocycles. The summed E-state index contributed by atoms with van der Waals surface area (Å²) in [6.45, 7) is 1.54. The van der Waals surface area contributed by atoms with Crippen molar-refractivity contribution in [3.8, 4) is 0 Å². The fraction of sp³-hybridized carbons (Fsp3) is 0.600. The van der Waals surface area contributed by atoms with E-state index >= 15 is 0 Å². The molecule has 1 atom stereocenters. The average molecular weight is 198 g/mol. The first kappa shape index (κ1) is 9.34. The van der Waals surface area contributed by atoms with E-state index in [9.17, 15) is 8.78 Å². The number of hydrogen-bond acceptors (Lipinski definition) is 4. The van der Waals surface area contributed by atoms with Crippen molar-refractivity contribution < 1.29 is 13.3 Å². The molecule has 0 amide bonds. The molecule has 0 aliphatic heterocycles. The zero-order valence-corrected chi connectivity index (χ0v) is 6.85. The molecule has 1 aromatic rings. The van der Waals surface area contributed by atoms with Crippen LogP contribution in [0.1, 0.15) is 24.7 Å². The first-order valence-electron chi connectivity index (χ1n) is 3.07. The maximum atomic E-state index is 12.3. The highest BCUT2D eigenvalue weighted by atomic mass is 35.5. The van der Waals surface area contributed by atoms with Gasteiger partial charge in [-0.3, -0.25) is 0 Å². The highest BCUT2D eigenvalue weighted by molar-refractivity contribution is 6.21. The van der Waals surface area contributed by atoms with Crippen LogP contribution >= 0.6 is 11.6 Å². The van der Waals surface area contributed by atoms with E-state index in [0.29, 0.717) is 0 Å². The van der Waals surface area contributed by atoms with Crippen molar-refractivity contribution in [3.05, 3.63) is 11.7 Å². The van der Waals surface area contributed by atoms with Crippen molar-refractivity contribution in [1.29, 1.82) is 0 Å². The molecule has 0 aliphatic carbocycles. The highest BCUT2D eigenvalue weighted by Crippen LogP contribution is 2.30. The fourth-order valence-corrected chi connectivity index (χ4v) is 0.612. The summed E-state index contributed by atoms with van der Waals surface area (Å²) in [5, 5.41) is -0.418. The molecule has 0 bridgehead atoms. The van der Waals surface area contributed by atoms with Gasteiger partial charge in [0.15, 0.2) is 5.82 Å². The van der Waals surface area contributed by atoms with Crippen LogP contribution in [0.15, 0.2) is 4.52 Å². The van der Waals surface area contributed by atoms with E-state index in [1.54, 1.807) is 6.92 Å². The topological polar surface area (TPSA) is 64.9 Å². The Kier molecular flexibility index (Phi) is 2.29. The third kappa shape index (κ3) is 1.89. The average Bonchev–Trinajstić information content (AvgIpc) is 2.30. The SMILES string of the molecule is CC(N)c1noc(C(F)(F)Cl)n1. The molecule has 0 saturated heterocycles. The van der Waals surface area contributed by atoms with Gasteiger partial charge in [0.25, 0.3) is 0 Å². The zero-order chi connectivity index (χ0) is 9.35. The lowest BCUT2D eigenvalue weighted by molar-refractivity contribution is 0.0550. The van der Waals surface area contributed by atoms with Gasteiger partial charge in [0, 0.05) is 0 Å². The smallest absolute Gasteiger partial charge is 0.331 e. The van der Waals surface area contributed by atoms with Crippen LogP contribution in [0.2, 0.25) is 0 Å². The second-order valence-corrected chi connectivity index (χ2v) is 2.72. The van der Waals surface area contributed by atoms with Crippen molar-refractivity contribution in [1.82, 2.24) is 10.1 Å². The lowest BCUT2D eigenvalue weighted by Gasteiger charge is -1.98. The summed E-state index contributed by atoms with van der Waals surface area (Å²) in [5.41, 5.74) is 5.30. The normalized spacial score (nSPS) is 14.8. The van der Waals surface area contributed by atoms with Crippen molar-refractivity contribution in [2.75, 3.05) is 0 Å². The maximum Gasteiger partial charge on any atom is 0.400 e. The van der Waals surface area contributed by atoms with Gasteiger partial charge in [-0.2, -0.15) is 13.8 Å². The minimum atomic E-state index is -3.62. The zero-order valence-electron chi connectivity index (χ0n) is 6.09. The van der Waals surface area contributed by atoms with E-state index in [1.807, 2.05) is 0 Å². The van der Waals surface area contributed by atoms with E-state index in [2.05, 4.69) is 26.3 Å². The van der Waals surface area contributed by atoms with Crippen LogP contribution in [-0.2, 0) is 5.38 Å². The van der Waals surface area contributed by atoms with Gasteiger partial charge in [0.2, 0.25) is 0 Å². The number of halogens is 3. The molecule has 1 rings (SSSR count). The lowest BCUT2D eigenvalue weighted by Crippen LogP contribution is -2.08. The van der Waals surface area contributed by atoms with E-state index < -0.39 is 17.3 Å². The minimum Gasteiger partial charge on any atom is -0.331 e. The third-order valence-electron chi connectivity index (χ3n) is 1.09. The highest BCUT2D eigenvalue weighted by Gasteiger charge is 2.35. The number of alkyl halides is 3. The minimum absolute atomic E-state index is 0.00493. The molecule has 2 N–H and O–H groups in total. The molecule has 0 radical (unpaired) electrons. The molecular weight excluding hydrogens is 192 g/mol. The molecule has 0 saturated carbocycles. The van der Waals surface area contributed by atoms with Crippen LogP contribution in [0.5, 0.6) is 0 Å². The van der Waals surface area contributed by atoms with E-state index in [-0.39, 0.29) is 5.82 Å². The van der Waals surface area contributed by atoms with Gasteiger partial charge in [-0.25, -0.2) is 0 Å². The standard InChI is InChI=1S/C5H6ClF2N3O/c1-2(9)3-10-4(12-11-3)5(6,7)8/h2H,9H2,1H3. The Morgan fingerprint density at radius 1 is 1.67 bits per heavy atom. The van der Waals surface area contributed by atoms with Gasteiger partial charge in [-0.15, -0.1) is 0 Å². The summed E-state index contributed by atoms with van der Waals surface area (Å²) in [6, 6.07) is -0.554. The van der Waals surface area contributed by atoms with E-state index in [0.717, 1.165) is 0 Å². The second-order valence-electron chi connectivity index (χ2n) is 2.24. The summed E-state index contributed by atoms with van der Waals surface area (Å²) in [4.78, 5) is 3.30. The van der Waals surface area contributed by atoms with Gasteiger partial charge >= 0.3 is 11.3 Å². The van der Waals surface area contributed by atoms with Crippen molar-refractivity contribution in [3.63, 3.8) is 0 Å². The summed E-state index contributed by atoms with van der Waals surface area (Å²) >= 11 is 4.61. The van der Waals surface area contributed by atoms with Gasteiger partial charge in [0.1, 0.15) is 0 Å². The summed E-state index contributed by atoms with van der Waals surface area (Å²) < 4.78 is 28.7. The first-order chi connectivity index (χ1) is 5.41. The summed E-state index contributed by atoms with van der Waals surface area (Å²) in [5.74, 6) is -0.929. The molecule has 12 heavy (non-hydrogen) atoms. The van der Waals surface area contributed by atoms with E-state index in [1.165, 1.54) is 0 Å². The Hall–Kier alpha value is -0.750. The predicted molar refractivity (Wildman–Crippen MR) is 36.6 cm³/mol. The van der Waals surface area contributed by atoms with Crippen LogP contribution in [-0.4, -0.2) is 10.1 Å². The monoisotopic (exact) mass is 197 g/mol. The van der Waals surface area contributed by atoms with Crippen molar-refractivity contribution in [2.24, 2.45) is 5.73 Å². The van der Waals surface area contributed by atoms with Crippen molar-refractivity contribution >= 4 is 11.6 Å². The summed E-state index contributed by atoms with van der Waals surface area (Å²) in [7, 11) is 0. The molecule has 7 heteroatoms. The van der Waals surface area contributed by atoms with Crippen LogP contribution in [0, 0.1) is 0 Å². The molecule has 0 aromatic carbocycles.